The van der Waals surface area contributed by atoms with Crippen LogP contribution in [0, 0.1) is 5.92 Å². The summed E-state index contributed by atoms with van der Waals surface area (Å²) in [5.41, 5.74) is 0. The fourth-order valence-electron chi connectivity index (χ4n) is 1.38. The predicted octanol–water partition coefficient (Wildman–Crippen LogP) is 3.17. The maximum absolute atomic E-state index is 11.6. The molecule has 0 aliphatic carbocycles. The average molecular weight is 230 g/mol. The van der Waals surface area contributed by atoms with Crippen molar-refractivity contribution in [2.75, 3.05) is 13.7 Å². The van der Waals surface area contributed by atoms with Crippen LogP contribution in [-0.4, -0.2) is 25.8 Å². The second-order valence-corrected chi connectivity index (χ2v) is 4.34. The van der Waals surface area contributed by atoms with Crippen molar-refractivity contribution >= 4 is 5.97 Å². The lowest BCUT2D eigenvalue weighted by Gasteiger charge is -2.16. The van der Waals surface area contributed by atoms with Crippen molar-refractivity contribution < 1.29 is 14.3 Å². The summed E-state index contributed by atoms with van der Waals surface area (Å²) in [6.45, 7) is 6.93. The molecule has 0 aromatic heterocycles. The molecule has 2 atom stereocenters. The summed E-state index contributed by atoms with van der Waals surface area (Å²) in [5.74, 6) is 0.431. The summed E-state index contributed by atoms with van der Waals surface area (Å²) in [6, 6.07) is 0. The fourth-order valence-corrected chi connectivity index (χ4v) is 1.38. The molecule has 3 nitrogen and oxygen atoms in total. The highest BCUT2D eigenvalue weighted by Crippen LogP contribution is 2.13. The predicted molar refractivity (Wildman–Crippen MR) is 65.4 cm³/mol. The number of methoxy groups -OCH3 is 1. The Kier molecular flexibility index (Phi) is 9.30. The molecule has 0 bridgehead atoms. The van der Waals surface area contributed by atoms with Crippen LogP contribution in [0.15, 0.2) is 0 Å². The van der Waals surface area contributed by atoms with Gasteiger partial charge in [0.2, 0.25) is 0 Å². The number of carbonyl (C=O) groups excluding carboxylic acids is 1. The molecule has 2 unspecified atom stereocenters. The average Bonchev–Trinajstić information content (AvgIpc) is 2.29. The van der Waals surface area contributed by atoms with Gasteiger partial charge in [0, 0.05) is 7.11 Å². The largest absolute Gasteiger partial charge is 0.464 e. The van der Waals surface area contributed by atoms with Gasteiger partial charge in [-0.2, -0.15) is 0 Å². The minimum Gasteiger partial charge on any atom is -0.464 e. The number of esters is 1. The quantitative estimate of drug-likeness (QED) is 0.451. The Morgan fingerprint density at radius 3 is 2.44 bits per heavy atom. The van der Waals surface area contributed by atoms with E-state index in [1.54, 1.807) is 7.11 Å². The lowest BCUT2D eigenvalue weighted by molar-refractivity contribution is -0.156. The van der Waals surface area contributed by atoms with Gasteiger partial charge in [0.15, 0.2) is 6.10 Å². The van der Waals surface area contributed by atoms with Crippen molar-refractivity contribution in [3.05, 3.63) is 0 Å². The third-order valence-corrected chi connectivity index (χ3v) is 2.91. The first-order chi connectivity index (χ1) is 7.65. The summed E-state index contributed by atoms with van der Waals surface area (Å²) in [7, 11) is 1.57. The van der Waals surface area contributed by atoms with E-state index in [0.717, 1.165) is 32.1 Å². The first kappa shape index (κ1) is 15.4. The highest BCUT2D eigenvalue weighted by molar-refractivity contribution is 5.74. The number of hydrogen-bond donors (Lipinski definition) is 0. The van der Waals surface area contributed by atoms with E-state index in [2.05, 4.69) is 20.8 Å². The van der Waals surface area contributed by atoms with E-state index in [-0.39, 0.29) is 12.1 Å². The van der Waals surface area contributed by atoms with Crippen LogP contribution < -0.4 is 0 Å². The Bertz CT molecular complexity index is 180. The first-order valence-electron chi connectivity index (χ1n) is 6.35. The summed E-state index contributed by atoms with van der Waals surface area (Å²) in [4.78, 5) is 11.6. The van der Waals surface area contributed by atoms with Gasteiger partial charge < -0.3 is 9.47 Å². The fraction of sp³-hybridized carbons (Fsp3) is 0.923. The number of carbonyl (C=O) groups is 1. The molecule has 16 heavy (non-hydrogen) atoms. The van der Waals surface area contributed by atoms with Gasteiger partial charge in [0.1, 0.15) is 0 Å². The van der Waals surface area contributed by atoms with Gasteiger partial charge in [0.05, 0.1) is 6.61 Å². The van der Waals surface area contributed by atoms with Crippen molar-refractivity contribution in [1.82, 2.24) is 0 Å². The lowest BCUT2D eigenvalue weighted by atomic mass is 10.0. The zero-order valence-electron chi connectivity index (χ0n) is 11.1. The molecule has 96 valence electrons. The molecule has 3 heteroatoms. The third kappa shape index (κ3) is 6.83. The van der Waals surface area contributed by atoms with Crippen LogP contribution >= 0.6 is 0 Å². The smallest absolute Gasteiger partial charge is 0.335 e. The van der Waals surface area contributed by atoms with Gasteiger partial charge in [-0.3, -0.25) is 0 Å². The van der Waals surface area contributed by atoms with Crippen LogP contribution in [0.4, 0.5) is 0 Å². The zero-order chi connectivity index (χ0) is 12.4. The lowest BCUT2D eigenvalue weighted by Crippen LogP contribution is -2.26. The molecule has 0 rings (SSSR count). The Balaban J connectivity index is 3.82. The van der Waals surface area contributed by atoms with Gasteiger partial charge >= 0.3 is 5.97 Å². The highest BCUT2D eigenvalue weighted by Gasteiger charge is 2.19. The van der Waals surface area contributed by atoms with Crippen LogP contribution in [0.2, 0.25) is 0 Å². The number of rotatable bonds is 9. The number of unbranched alkanes of at least 4 members (excludes halogenated alkanes) is 1. The van der Waals surface area contributed by atoms with Crippen molar-refractivity contribution in [3.63, 3.8) is 0 Å². The maximum Gasteiger partial charge on any atom is 0.335 e. The molecule has 0 heterocycles. The van der Waals surface area contributed by atoms with Crippen LogP contribution in [0.1, 0.15) is 52.9 Å². The summed E-state index contributed by atoms with van der Waals surface area (Å²) < 4.78 is 10.3. The van der Waals surface area contributed by atoms with Gasteiger partial charge in [-0.1, -0.05) is 33.6 Å². The molecule has 0 aromatic rings. The maximum atomic E-state index is 11.6. The summed E-state index contributed by atoms with van der Waals surface area (Å²) >= 11 is 0. The van der Waals surface area contributed by atoms with Crippen LogP contribution in [0.25, 0.3) is 0 Å². The minimum atomic E-state index is -0.383. The zero-order valence-corrected chi connectivity index (χ0v) is 11.1. The minimum absolute atomic E-state index is 0.209. The van der Waals surface area contributed by atoms with Crippen LogP contribution in [0.5, 0.6) is 0 Å². The van der Waals surface area contributed by atoms with Crippen molar-refractivity contribution in [3.8, 4) is 0 Å². The molecule has 0 N–H and O–H groups in total. The van der Waals surface area contributed by atoms with Gasteiger partial charge in [-0.25, -0.2) is 4.79 Å². The molecule has 0 radical (unpaired) electrons. The molecular formula is C13H26O3. The molecule has 0 aromatic carbocycles. The summed E-state index contributed by atoms with van der Waals surface area (Å²) in [5, 5.41) is 0. The number of ether oxygens (including phenoxy) is 2. The van der Waals surface area contributed by atoms with E-state index in [9.17, 15) is 4.79 Å². The first-order valence-corrected chi connectivity index (χ1v) is 6.35. The van der Waals surface area contributed by atoms with E-state index in [0.29, 0.717) is 12.5 Å². The summed E-state index contributed by atoms with van der Waals surface area (Å²) in [6.07, 6.45) is 4.49. The normalized spacial score (nSPS) is 14.5. The molecule has 0 saturated heterocycles. The molecule has 0 spiro atoms. The van der Waals surface area contributed by atoms with Crippen LogP contribution in [-0.2, 0) is 14.3 Å². The molecule has 0 amide bonds. The third-order valence-electron chi connectivity index (χ3n) is 2.91. The standard InChI is InChI=1S/C13H26O3/c1-5-7-10-16-13(14)12(15-4)9-8-11(3)6-2/h11-12H,5-10H2,1-4H3. The molecular weight excluding hydrogens is 204 g/mol. The van der Waals surface area contributed by atoms with Crippen molar-refractivity contribution in [2.24, 2.45) is 5.92 Å². The molecule has 0 aliphatic heterocycles. The van der Waals surface area contributed by atoms with Crippen molar-refractivity contribution in [1.29, 1.82) is 0 Å². The Labute approximate surface area is 99.5 Å². The Morgan fingerprint density at radius 2 is 1.94 bits per heavy atom. The Morgan fingerprint density at radius 1 is 1.25 bits per heavy atom. The highest BCUT2D eigenvalue weighted by atomic mass is 16.6. The Hall–Kier alpha value is -0.570. The van der Waals surface area contributed by atoms with Gasteiger partial charge in [0.25, 0.3) is 0 Å². The molecule has 0 fully saturated rings. The second-order valence-electron chi connectivity index (χ2n) is 4.34. The molecule has 0 saturated carbocycles. The van der Waals surface area contributed by atoms with E-state index in [1.165, 1.54) is 0 Å². The van der Waals surface area contributed by atoms with E-state index in [4.69, 9.17) is 9.47 Å². The van der Waals surface area contributed by atoms with Gasteiger partial charge in [-0.15, -0.1) is 0 Å². The monoisotopic (exact) mass is 230 g/mol. The van der Waals surface area contributed by atoms with E-state index in [1.807, 2.05) is 0 Å². The van der Waals surface area contributed by atoms with Gasteiger partial charge in [-0.05, 0) is 25.2 Å². The van der Waals surface area contributed by atoms with E-state index < -0.39 is 0 Å². The SMILES string of the molecule is CCCCOC(=O)C(CCC(C)CC)OC. The topological polar surface area (TPSA) is 35.5 Å². The number of hydrogen-bond acceptors (Lipinski definition) is 3. The van der Waals surface area contributed by atoms with Crippen LogP contribution in [0.3, 0.4) is 0 Å². The van der Waals surface area contributed by atoms with E-state index >= 15 is 0 Å². The second kappa shape index (κ2) is 9.64. The molecule has 0 aliphatic rings. The van der Waals surface area contributed by atoms with Crippen molar-refractivity contribution in [2.45, 2.75) is 59.0 Å².